The minimum absolute atomic E-state index is 0.0685. The summed E-state index contributed by atoms with van der Waals surface area (Å²) in [6.07, 6.45) is 2.47. The van der Waals surface area contributed by atoms with E-state index in [0.717, 1.165) is 24.3 Å². The molecule has 1 aliphatic heterocycles. The number of amides is 1. The lowest BCUT2D eigenvalue weighted by Gasteiger charge is -2.21. The molecule has 0 aliphatic carbocycles. The van der Waals surface area contributed by atoms with Crippen LogP contribution >= 0.6 is 0 Å². The normalized spacial score (nSPS) is 14.0. The van der Waals surface area contributed by atoms with Crippen LogP contribution < -0.4 is 4.90 Å². The SMILES string of the molecule is CN(Cc1cccc2ccccc12)C(=O)c1cccc(N2CCCC2)c1. The van der Waals surface area contributed by atoms with E-state index in [1.807, 2.05) is 42.3 Å². The maximum atomic E-state index is 13.0. The van der Waals surface area contributed by atoms with Crippen molar-refractivity contribution in [1.82, 2.24) is 4.90 Å². The van der Waals surface area contributed by atoms with E-state index in [2.05, 4.69) is 41.3 Å². The van der Waals surface area contributed by atoms with Crippen molar-refractivity contribution in [3.05, 3.63) is 77.9 Å². The molecule has 1 fully saturated rings. The quantitative estimate of drug-likeness (QED) is 0.684. The van der Waals surface area contributed by atoms with Crippen LogP contribution in [0.1, 0.15) is 28.8 Å². The van der Waals surface area contributed by atoms with E-state index in [-0.39, 0.29) is 5.91 Å². The van der Waals surface area contributed by atoms with Gasteiger partial charge in [-0.25, -0.2) is 0 Å². The highest BCUT2D eigenvalue weighted by atomic mass is 16.2. The smallest absolute Gasteiger partial charge is 0.253 e. The first-order chi connectivity index (χ1) is 12.7. The summed E-state index contributed by atoms with van der Waals surface area (Å²) < 4.78 is 0. The predicted molar refractivity (Wildman–Crippen MR) is 108 cm³/mol. The zero-order valence-corrected chi connectivity index (χ0v) is 15.2. The Morgan fingerprint density at radius 3 is 2.54 bits per heavy atom. The molecule has 26 heavy (non-hydrogen) atoms. The van der Waals surface area contributed by atoms with Crippen LogP contribution in [0.3, 0.4) is 0 Å². The van der Waals surface area contributed by atoms with Crippen molar-refractivity contribution in [3.8, 4) is 0 Å². The second-order valence-electron chi connectivity index (χ2n) is 7.04. The van der Waals surface area contributed by atoms with Crippen LogP contribution in [-0.2, 0) is 6.54 Å². The Bertz CT molecular complexity index is 923. The Morgan fingerprint density at radius 1 is 0.962 bits per heavy atom. The van der Waals surface area contributed by atoms with E-state index in [0.29, 0.717) is 6.54 Å². The number of carbonyl (C=O) groups excluding carboxylic acids is 1. The van der Waals surface area contributed by atoms with Gasteiger partial charge < -0.3 is 9.80 Å². The Kier molecular flexibility index (Phi) is 4.61. The largest absolute Gasteiger partial charge is 0.372 e. The summed E-state index contributed by atoms with van der Waals surface area (Å²) in [7, 11) is 1.88. The summed E-state index contributed by atoms with van der Waals surface area (Å²) in [5.41, 5.74) is 3.10. The molecule has 0 saturated carbocycles. The first-order valence-electron chi connectivity index (χ1n) is 9.29. The molecule has 0 N–H and O–H groups in total. The lowest BCUT2D eigenvalue weighted by Crippen LogP contribution is -2.26. The van der Waals surface area contributed by atoms with Gasteiger partial charge in [0.1, 0.15) is 0 Å². The standard InChI is InChI=1S/C23H24N2O/c1-24(17-20-11-6-9-18-8-2-3-13-22(18)20)23(26)19-10-7-12-21(16-19)25-14-4-5-15-25/h2-3,6-13,16H,4-5,14-15,17H2,1H3. The minimum atomic E-state index is 0.0685. The molecule has 0 atom stereocenters. The average Bonchev–Trinajstić information content (AvgIpc) is 3.23. The molecule has 3 heteroatoms. The topological polar surface area (TPSA) is 23.6 Å². The molecule has 0 bridgehead atoms. The fourth-order valence-electron chi connectivity index (χ4n) is 3.79. The van der Waals surface area contributed by atoms with Crippen molar-refractivity contribution in [2.75, 3.05) is 25.0 Å². The lowest BCUT2D eigenvalue weighted by molar-refractivity contribution is 0.0785. The first-order valence-corrected chi connectivity index (χ1v) is 9.29. The molecule has 3 aromatic rings. The van der Waals surface area contributed by atoms with Gasteiger partial charge in [-0.1, -0.05) is 48.5 Å². The van der Waals surface area contributed by atoms with Gasteiger partial charge in [-0.3, -0.25) is 4.79 Å². The fraction of sp³-hybridized carbons (Fsp3) is 0.261. The van der Waals surface area contributed by atoms with Gasteiger partial charge in [-0.15, -0.1) is 0 Å². The van der Waals surface area contributed by atoms with Gasteiger partial charge >= 0.3 is 0 Å². The van der Waals surface area contributed by atoms with Crippen LogP contribution in [0.15, 0.2) is 66.7 Å². The van der Waals surface area contributed by atoms with Crippen LogP contribution in [0.2, 0.25) is 0 Å². The second-order valence-corrected chi connectivity index (χ2v) is 7.04. The molecule has 0 aromatic heterocycles. The van der Waals surface area contributed by atoms with Gasteiger partial charge in [0.25, 0.3) is 5.91 Å². The van der Waals surface area contributed by atoms with Gasteiger partial charge in [0.15, 0.2) is 0 Å². The minimum Gasteiger partial charge on any atom is -0.372 e. The maximum absolute atomic E-state index is 13.0. The number of rotatable bonds is 4. The van der Waals surface area contributed by atoms with Crippen molar-refractivity contribution in [1.29, 1.82) is 0 Å². The molecule has 1 amide bonds. The summed E-state index contributed by atoms with van der Waals surface area (Å²) in [4.78, 5) is 17.1. The van der Waals surface area contributed by atoms with Gasteiger partial charge in [0.05, 0.1) is 0 Å². The Morgan fingerprint density at radius 2 is 1.69 bits per heavy atom. The van der Waals surface area contributed by atoms with Crippen LogP contribution in [-0.4, -0.2) is 30.9 Å². The molecule has 0 unspecified atom stereocenters. The van der Waals surface area contributed by atoms with Gasteiger partial charge in [-0.05, 0) is 47.4 Å². The number of hydrogen-bond donors (Lipinski definition) is 0. The van der Waals surface area contributed by atoms with E-state index in [4.69, 9.17) is 0 Å². The Hall–Kier alpha value is -2.81. The number of hydrogen-bond acceptors (Lipinski definition) is 2. The van der Waals surface area contributed by atoms with Crippen LogP contribution in [0.4, 0.5) is 5.69 Å². The molecule has 1 saturated heterocycles. The lowest BCUT2D eigenvalue weighted by atomic mass is 10.0. The number of anilines is 1. The highest BCUT2D eigenvalue weighted by Crippen LogP contribution is 2.23. The van der Waals surface area contributed by atoms with Crippen LogP contribution in [0, 0.1) is 0 Å². The monoisotopic (exact) mass is 344 g/mol. The maximum Gasteiger partial charge on any atom is 0.253 e. The average molecular weight is 344 g/mol. The van der Waals surface area contributed by atoms with E-state index in [1.54, 1.807) is 0 Å². The van der Waals surface area contributed by atoms with Crippen LogP contribution in [0.5, 0.6) is 0 Å². The van der Waals surface area contributed by atoms with E-state index >= 15 is 0 Å². The number of benzene rings is 3. The van der Waals surface area contributed by atoms with Gasteiger partial charge in [0.2, 0.25) is 0 Å². The van der Waals surface area contributed by atoms with E-state index < -0.39 is 0 Å². The van der Waals surface area contributed by atoms with Gasteiger partial charge in [-0.2, -0.15) is 0 Å². The first kappa shape index (κ1) is 16.6. The third kappa shape index (κ3) is 3.30. The molecule has 0 radical (unpaired) electrons. The van der Waals surface area contributed by atoms with E-state index in [1.165, 1.54) is 29.2 Å². The molecule has 132 valence electrons. The van der Waals surface area contributed by atoms with E-state index in [9.17, 15) is 4.79 Å². The second kappa shape index (κ2) is 7.20. The van der Waals surface area contributed by atoms with Crippen molar-refractivity contribution in [2.24, 2.45) is 0 Å². The fourth-order valence-corrected chi connectivity index (χ4v) is 3.79. The summed E-state index contributed by atoms with van der Waals surface area (Å²) in [6, 6.07) is 22.7. The van der Waals surface area contributed by atoms with Crippen LogP contribution in [0.25, 0.3) is 10.8 Å². The Balaban J connectivity index is 1.55. The summed E-state index contributed by atoms with van der Waals surface area (Å²) in [5.74, 6) is 0.0685. The molecule has 3 nitrogen and oxygen atoms in total. The zero-order chi connectivity index (χ0) is 17.9. The zero-order valence-electron chi connectivity index (χ0n) is 15.2. The van der Waals surface area contributed by atoms with Crippen molar-refractivity contribution in [2.45, 2.75) is 19.4 Å². The molecule has 4 rings (SSSR count). The van der Waals surface area contributed by atoms with Crippen molar-refractivity contribution < 1.29 is 4.79 Å². The van der Waals surface area contributed by atoms with Gasteiger partial charge in [0, 0.05) is 37.9 Å². The van der Waals surface area contributed by atoms with Crippen molar-refractivity contribution >= 4 is 22.4 Å². The predicted octanol–water partition coefficient (Wildman–Crippen LogP) is 4.71. The third-order valence-corrected chi connectivity index (χ3v) is 5.20. The molecular formula is C23H24N2O. The molecule has 1 aliphatic rings. The van der Waals surface area contributed by atoms with Crippen molar-refractivity contribution in [3.63, 3.8) is 0 Å². The Labute approximate surface area is 154 Å². The highest BCUT2D eigenvalue weighted by Gasteiger charge is 2.17. The molecule has 0 spiro atoms. The summed E-state index contributed by atoms with van der Waals surface area (Å²) >= 11 is 0. The molecule has 1 heterocycles. The number of nitrogens with zero attached hydrogens (tertiary/aromatic N) is 2. The third-order valence-electron chi connectivity index (χ3n) is 5.20. The number of fused-ring (bicyclic) bond motifs is 1. The number of carbonyl (C=O) groups is 1. The molecular weight excluding hydrogens is 320 g/mol. The highest BCUT2D eigenvalue weighted by molar-refractivity contribution is 5.95. The molecule has 3 aromatic carbocycles. The summed E-state index contributed by atoms with van der Waals surface area (Å²) in [5, 5.41) is 2.42. The summed E-state index contributed by atoms with van der Waals surface area (Å²) in [6.45, 7) is 2.78.